The monoisotopic (exact) mass is 345 g/mol. The number of amides is 2. The molecule has 0 aliphatic rings. The van der Waals surface area contributed by atoms with E-state index in [1.807, 2.05) is 61.5 Å². The van der Waals surface area contributed by atoms with E-state index in [-0.39, 0.29) is 0 Å². The van der Waals surface area contributed by atoms with Gasteiger partial charge in [-0.3, -0.25) is 9.59 Å². The van der Waals surface area contributed by atoms with Crippen molar-refractivity contribution in [2.24, 2.45) is 0 Å². The molecule has 0 saturated heterocycles. The Balaban J connectivity index is 1.57. The summed E-state index contributed by atoms with van der Waals surface area (Å²) in [4.78, 5) is 24.0. The summed E-state index contributed by atoms with van der Waals surface area (Å²) < 4.78 is 0. The van der Waals surface area contributed by atoms with Crippen LogP contribution < -0.4 is 16.0 Å². The van der Waals surface area contributed by atoms with E-state index in [9.17, 15) is 9.59 Å². The molecule has 0 aliphatic heterocycles. The van der Waals surface area contributed by atoms with Gasteiger partial charge < -0.3 is 16.0 Å². The van der Waals surface area contributed by atoms with E-state index in [1.54, 1.807) is 24.3 Å². The minimum atomic E-state index is -0.714. The van der Waals surface area contributed by atoms with Gasteiger partial charge in [0.15, 0.2) is 0 Å². The molecule has 130 valence electrons. The first-order chi connectivity index (χ1) is 12.6. The van der Waals surface area contributed by atoms with Crippen molar-refractivity contribution < 1.29 is 9.59 Å². The van der Waals surface area contributed by atoms with Crippen LogP contribution in [0.2, 0.25) is 0 Å². The molecule has 0 bridgehead atoms. The van der Waals surface area contributed by atoms with Crippen molar-refractivity contribution in [1.29, 1.82) is 0 Å². The maximum atomic E-state index is 12.0. The van der Waals surface area contributed by atoms with Crippen LogP contribution in [0, 0.1) is 6.92 Å². The highest BCUT2D eigenvalue weighted by atomic mass is 16.2. The minimum absolute atomic E-state index is 0.549. The zero-order chi connectivity index (χ0) is 18.4. The van der Waals surface area contributed by atoms with Crippen LogP contribution in [0.3, 0.4) is 0 Å². The zero-order valence-corrected chi connectivity index (χ0v) is 14.3. The minimum Gasteiger partial charge on any atom is -0.356 e. The van der Waals surface area contributed by atoms with E-state index in [0.29, 0.717) is 11.4 Å². The number of para-hydroxylation sites is 1. The van der Waals surface area contributed by atoms with Crippen LogP contribution in [0.15, 0.2) is 78.9 Å². The van der Waals surface area contributed by atoms with Gasteiger partial charge in [-0.15, -0.1) is 0 Å². The standard InChI is InChI=1S/C21H19N3O2/c1-15-7-9-18(10-8-15)23-20(25)21(26)24-19-13-11-17(12-14-19)22-16-5-3-2-4-6-16/h2-14,22H,1H3,(H,23,25)(H,24,26). The van der Waals surface area contributed by atoms with E-state index < -0.39 is 11.8 Å². The molecule has 0 heterocycles. The Labute approximate surface area is 152 Å². The molecule has 5 nitrogen and oxygen atoms in total. The Hall–Kier alpha value is -3.60. The van der Waals surface area contributed by atoms with Gasteiger partial charge in [0.1, 0.15) is 0 Å². The third-order valence-corrected chi connectivity index (χ3v) is 3.72. The number of hydrogen-bond acceptors (Lipinski definition) is 3. The van der Waals surface area contributed by atoms with Crippen molar-refractivity contribution in [3.63, 3.8) is 0 Å². The van der Waals surface area contributed by atoms with Crippen molar-refractivity contribution in [3.05, 3.63) is 84.4 Å². The fourth-order valence-electron chi connectivity index (χ4n) is 2.34. The number of benzene rings is 3. The SMILES string of the molecule is Cc1ccc(NC(=O)C(=O)Nc2ccc(Nc3ccccc3)cc2)cc1. The van der Waals surface area contributed by atoms with Gasteiger partial charge in [0.2, 0.25) is 0 Å². The lowest BCUT2D eigenvalue weighted by Crippen LogP contribution is -2.29. The van der Waals surface area contributed by atoms with E-state index in [2.05, 4.69) is 16.0 Å². The zero-order valence-electron chi connectivity index (χ0n) is 14.3. The second-order valence-corrected chi connectivity index (χ2v) is 5.84. The van der Waals surface area contributed by atoms with Crippen molar-refractivity contribution >= 4 is 34.6 Å². The Morgan fingerprint density at radius 2 is 1.00 bits per heavy atom. The highest BCUT2D eigenvalue weighted by Gasteiger charge is 2.13. The summed E-state index contributed by atoms with van der Waals surface area (Å²) in [6, 6.07) is 24.2. The van der Waals surface area contributed by atoms with Crippen LogP contribution in [0.25, 0.3) is 0 Å². The van der Waals surface area contributed by atoms with Crippen LogP contribution in [-0.2, 0) is 9.59 Å². The van der Waals surface area contributed by atoms with Crippen LogP contribution >= 0.6 is 0 Å². The van der Waals surface area contributed by atoms with Crippen molar-refractivity contribution in [3.8, 4) is 0 Å². The lowest BCUT2D eigenvalue weighted by Gasteiger charge is -2.09. The molecule has 5 heteroatoms. The second kappa shape index (κ2) is 7.98. The predicted octanol–water partition coefficient (Wildman–Crippen LogP) is 4.32. The van der Waals surface area contributed by atoms with Gasteiger partial charge in [0, 0.05) is 22.7 Å². The Kier molecular flexibility index (Phi) is 5.29. The molecule has 0 atom stereocenters. The Morgan fingerprint density at radius 1 is 0.577 bits per heavy atom. The number of carbonyl (C=O) groups is 2. The molecule has 0 saturated carbocycles. The normalized spacial score (nSPS) is 10.0. The summed E-state index contributed by atoms with van der Waals surface area (Å²) in [5.74, 6) is -1.42. The van der Waals surface area contributed by atoms with Gasteiger partial charge in [0.05, 0.1) is 0 Å². The molecular formula is C21H19N3O2. The number of aryl methyl sites for hydroxylation is 1. The van der Waals surface area contributed by atoms with Gasteiger partial charge in [-0.1, -0.05) is 35.9 Å². The fourth-order valence-corrected chi connectivity index (χ4v) is 2.34. The molecule has 3 aromatic rings. The summed E-state index contributed by atoms with van der Waals surface area (Å²) >= 11 is 0. The van der Waals surface area contributed by atoms with Crippen LogP contribution in [0.4, 0.5) is 22.7 Å². The smallest absolute Gasteiger partial charge is 0.314 e. The summed E-state index contributed by atoms with van der Waals surface area (Å²) in [6.45, 7) is 1.95. The third kappa shape index (κ3) is 4.70. The van der Waals surface area contributed by atoms with Crippen molar-refractivity contribution in [2.45, 2.75) is 6.92 Å². The van der Waals surface area contributed by atoms with Crippen molar-refractivity contribution in [2.75, 3.05) is 16.0 Å². The molecule has 0 fully saturated rings. The van der Waals surface area contributed by atoms with Crippen LogP contribution in [0.5, 0.6) is 0 Å². The summed E-state index contributed by atoms with van der Waals surface area (Å²) in [5, 5.41) is 8.41. The molecule has 3 N–H and O–H groups in total. The number of anilines is 4. The molecule has 0 aliphatic carbocycles. The summed E-state index contributed by atoms with van der Waals surface area (Å²) in [6.07, 6.45) is 0. The topological polar surface area (TPSA) is 70.2 Å². The largest absolute Gasteiger partial charge is 0.356 e. The summed E-state index contributed by atoms with van der Waals surface area (Å²) in [7, 11) is 0. The number of rotatable bonds is 4. The van der Waals surface area contributed by atoms with E-state index in [0.717, 1.165) is 16.9 Å². The van der Waals surface area contributed by atoms with Crippen LogP contribution in [-0.4, -0.2) is 11.8 Å². The fraction of sp³-hybridized carbons (Fsp3) is 0.0476. The number of nitrogens with one attached hydrogen (secondary N) is 3. The quantitative estimate of drug-likeness (QED) is 0.617. The Morgan fingerprint density at radius 3 is 1.54 bits per heavy atom. The van der Waals surface area contributed by atoms with Gasteiger partial charge in [-0.25, -0.2) is 0 Å². The molecule has 3 rings (SSSR count). The molecule has 0 unspecified atom stereocenters. The molecule has 2 amide bonds. The average Bonchev–Trinajstić information content (AvgIpc) is 2.66. The van der Waals surface area contributed by atoms with Crippen molar-refractivity contribution in [1.82, 2.24) is 0 Å². The molecular weight excluding hydrogens is 326 g/mol. The molecule has 0 spiro atoms. The van der Waals surface area contributed by atoms with Gasteiger partial charge >= 0.3 is 11.8 Å². The van der Waals surface area contributed by atoms with E-state index in [1.165, 1.54) is 0 Å². The third-order valence-electron chi connectivity index (χ3n) is 3.72. The first-order valence-electron chi connectivity index (χ1n) is 8.21. The average molecular weight is 345 g/mol. The summed E-state index contributed by atoms with van der Waals surface area (Å²) in [5.41, 5.74) is 4.07. The maximum Gasteiger partial charge on any atom is 0.314 e. The highest BCUT2D eigenvalue weighted by Crippen LogP contribution is 2.18. The Bertz CT molecular complexity index is 889. The van der Waals surface area contributed by atoms with Gasteiger partial charge in [0.25, 0.3) is 0 Å². The maximum absolute atomic E-state index is 12.0. The second-order valence-electron chi connectivity index (χ2n) is 5.84. The molecule has 0 aromatic heterocycles. The van der Waals surface area contributed by atoms with Gasteiger partial charge in [-0.2, -0.15) is 0 Å². The van der Waals surface area contributed by atoms with Crippen LogP contribution in [0.1, 0.15) is 5.56 Å². The molecule has 0 radical (unpaired) electrons. The molecule has 3 aromatic carbocycles. The number of hydrogen-bond donors (Lipinski definition) is 3. The molecule has 26 heavy (non-hydrogen) atoms. The first kappa shape index (κ1) is 17.2. The lowest BCUT2D eigenvalue weighted by atomic mass is 10.2. The predicted molar refractivity (Wildman–Crippen MR) is 105 cm³/mol. The van der Waals surface area contributed by atoms with Gasteiger partial charge in [-0.05, 0) is 55.5 Å². The number of carbonyl (C=O) groups excluding carboxylic acids is 2. The lowest BCUT2D eigenvalue weighted by molar-refractivity contribution is -0.132. The first-order valence-corrected chi connectivity index (χ1v) is 8.21. The van der Waals surface area contributed by atoms with E-state index in [4.69, 9.17) is 0 Å². The highest BCUT2D eigenvalue weighted by molar-refractivity contribution is 6.43. The van der Waals surface area contributed by atoms with E-state index >= 15 is 0 Å².